The average molecular weight is 301 g/mol. The maximum Gasteiger partial charge on any atom is 0.252 e. The van der Waals surface area contributed by atoms with E-state index < -0.39 is 0 Å². The highest BCUT2D eigenvalue weighted by molar-refractivity contribution is 7.71. The molecule has 3 rings (SSSR count). The molecule has 0 unspecified atom stereocenters. The summed E-state index contributed by atoms with van der Waals surface area (Å²) in [6.45, 7) is 1.10. The minimum absolute atomic E-state index is 0.206. The SMILES string of the molecule is COCCn1c(-c2cc3ccccc3[nH]2)cc(=O)[nH]c1=S. The van der Waals surface area contributed by atoms with E-state index in [9.17, 15) is 4.79 Å². The van der Waals surface area contributed by atoms with Gasteiger partial charge in [0, 0.05) is 30.6 Å². The van der Waals surface area contributed by atoms with Crippen LogP contribution in [0.4, 0.5) is 0 Å². The van der Waals surface area contributed by atoms with E-state index in [1.165, 1.54) is 0 Å². The Bertz CT molecular complexity index is 859. The molecule has 1 aromatic carbocycles. The zero-order valence-electron chi connectivity index (χ0n) is 11.6. The summed E-state index contributed by atoms with van der Waals surface area (Å²) in [5.74, 6) is 0. The summed E-state index contributed by atoms with van der Waals surface area (Å²) in [7, 11) is 1.64. The van der Waals surface area contributed by atoms with E-state index in [1.807, 2.05) is 34.9 Å². The number of nitrogens with one attached hydrogen (secondary N) is 2. The smallest absolute Gasteiger partial charge is 0.252 e. The van der Waals surface area contributed by atoms with Gasteiger partial charge in [0.2, 0.25) is 0 Å². The molecule has 108 valence electrons. The van der Waals surface area contributed by atoms with Crippen LogP contribution in [0.2, 0.25) is 0 Å². The van der Waals surface area contributed by atoms with Crippen molar-refractivity contribution in [3.05, 3.63) is 51.5 Å². The van der Waals surface area contributed by atoms with E-state index >= 15 is 0 Å². The Morgan fingerprint density at radius 1 is 1.24 bits per heavy atom. The first-order valence-electron chi connectivity index (χ1n) is 6.60. The molecule has 0 spiro atoms. The van der Waals surface area contributed by atoms with Gasteiger partial charge in [0.15, 0.2) is 4.77 Å². The Morgan fingerprint density at radius 3 is 2.81 bits per heavy atom. The van der Waals surface area contributed by atoms with E-state index in [1.54, 1.807) is 13.2 Å². The van der Waals surface area contributed by atoms with E-state index in [0.29, 0.717) is 17.9 Å². The van der Waals surface area contributed by atoms with Crippen molar-refractivity contribution >= 4 is 23.1 Å². The second-order valence-electron chi connectivity index (χ2n) is 4.74. The Hall–Kier alpha value is -2.18. The van der Waals surface area contributed by atoms with Crippen LogP contribution in [0.1, 0.15) is 0 Å². The predicted octanol–water partition coefficient (Wildman–Crippen LogP) is 2.70. The van der Waals surface area contributed by atoms with Crippen molar-refractivity contribution in [2.24, 2.45) is 0 Å². The lowest BCUT2D eigenvalue weighted by Crippen LogP contribution is -2.16. The molecule has 0 fully saturated rings. The molecule has 0 atom stereocenters. The van der Waals surface area contributed by atoms with Gasteiger partial charge in [0.1, 0.15) is 0 Å². The van der Waals surface area contributed by atoms with Crippen LogP contribution in [0.15, 0.2) is 41.2 Å². The number of benzene rings is 1. The Balaban J connectivity index is 2.20. The first kappa shape index (κ1) is 13.8. The van der Waals surface area contributed by atoms with E-state index in [0.717, 1.165) is 22.3 Å². The Labute approximate surface area is 126 Å². The van der Waals surface area contributed by atoms with Gasteiger partial charge in [-0.1, -0.05) is 18.2 Å². The lowest BCUT2D eigenvalue weighted by molar-refractivity contribution is 0.186. The first-order valence-corrected chi connectivity index (χ1v) is 7.01. The van der Waals surface area contributed by atoms with E-state index in [4.69, 9.17) is 17.0 Å². The third kappa shape index (κ3) is 2.68. The lowest BCUT2D eigenvalue weighted by atomic mass is 10.2. The molecule has 0 amide bonds. The van der Waals surface area contributed by atoms with Gasteiger partial charge in [-0.3, -0.25) is 9.78 Å². The number of hydrogen-bond donors (Lipinski definition) is 2. The number of hydrogen-bond acceptors (Lipinski definition) is 3. The summed E-state index contributed by atoms with van der Waals surface area (Å²) < 4.78 is 7.37. The van der Waals surface area contributed by atoms with Gasteiger partial charge < -0.3 is 14.3 Å². The van der Waals surface area contributed by atoms with Crippen molar-refractivity contribution in [3.8, 4) is 11.4 Å². The van der Waals surface area contributed by atoms with Gasteiger partial charge in [-0.05, 0) is 24.4 Å². The number of ether oxygens (including phenoxy) is 1. The monoisotopic (exact) mass is 301 g/mol. The third-order valence-electron chi connectivity index (χ3n) is 3.36. The zero-order chi connectivity index (χ0) is 14.8. The molecule has 0 radical (unpaired) electrons. The molecule has 3 aromatic rings. The number of nitrogens with zero attached hydrogens (tertiary/aromatic N) is 1. The molecule has 2 N–H and O–H groups in total. The fourth-order valence-corrected chi connectivity index (χ4v) is 2.65. The number of fused-ring (bicyclic) bond motifs is 1. The van der Waals surface area contributed by atoms with Gasteiger partial charge in [-0.2, -0.15) is 0 Å². The molecule has 2 aromatic heterocycles. The van der Waals surface area contributed by atoms with Gasteiger partial charge in [0.05, 0.1) is 18.0 Å². The summed E-state index contributed by atoms with van der Waals surface area (Å²) in [5, 5.41) is 1.09. The van der Waals surface area contributed by atoms with Crippen molar-refractivity contribution in [1.29, 1.82) is 0 Å². The molecule has 5 nitrogen and oxygen atoms in total. The van der Waals surface area contributed by atoms with Crippen LogP contribution in [-0.2, 0) is 11.3 Å². The van der Waals surface area contributed by atoms with Crippen molar-refractivity contribution in [1.82, 2.24) is 14.5 Å². The number of para-hydroxylation sites is 1. The summed E-state index contributed by atoms with van der Waals surface area (Å²) in [6.07, 6.45) is 0. The molecular formula is C15H15N3O2S. The molecule has 2 heterocycles. The normalized spacial score (nSPS) is 11.1. The maximum absolute atomic E-state index is 11.7. The van der Waals surface area contributed by atoms with Crippen LogP contribution in [-0.4, -0.2) is 28.3 Å². The first-order chi connectivity index (χ1) is 10.2. The largest absolute Gasteiger partial charge is 0.383 e. The van der Waals surface area contributed by atoms with Crippen LogP contribution in [0.3, 0.4) is 0 Å². The fourth-order valence-electron chi connectivity index (χ4n) is 2.36. The second-order valence-corrected chi connectivity index (χ2v) is 5.13. The van der Waals surface area contributed by atoms with Crippen LogP contribution in [0.5, 0.6) is 0 Å². The zero-order valence-corrected chi connectivity index (χ0v) is 12.4. The minimum atomic E-state index is -0.206. The number of aromatic nitrogens is 3. The Kier molecular flexibility index (Phi) is 3.72. The van der Waals surface area contributed by atoms with Crippen molar-refractivity contribution in [3.63, 3.8) is 0 Å². The summed E-state index contributed by atoms with van der Waals surface area (Å²) in [6, 6.07) is 11.5. The third-order valence-corrected chi connectivity index (χ3v) is 3.68. The van der Waals surface area contributed by atoms with Gasteiger partial charge >= 0.3 is 0 Å². The number of aromatic amines is 2. The number of rotatable bonds is 4. The Morgan fingerprint density at radius 2 is 2.05 bits per heavy atom. The molecule has 21 heavy (non-hydrogen) atoms. The fraction of sp³-hybridized carbons (Fsp3) is 0.200. The molecule has 0 aliphatic heterocycles. The van der Waals surface area contributed by atoms with Crippen molar-refractivity contribution in [2.45, 2.75) is 6.54 Å². The van der Waals surface area contributed by atoms with Gasteiger partial charge in [0.25, 0.3) is 5.56 Å². The van der Waals surface area contributed by atoms with E-state index in [-0.39, 0.29) is 5.56 Å². The van der Waals surface area contributed by atoms with Gasteiger partial charge in [-0.15, -0.1) is 0 Å². The van der Waals surface area contributed by atoms with Crippen molar-refractivity contribution < 1.29 is 4.74 Å². The molecule has 0 aliphatic carbocycles. The highest BCUT2D eigenvalue weighted by atomic mass is 32.1. The van der Waals surface area contributed by atoms with Crippen LogP contribution in [0.25, 0.3) is 22.3 Å². The van der Waals surface area contributed by atoms with Crippen LogP contribution < -0.4 is 5.56 Å². The predicted molar refractivity (Wildman–Crippen MR) is 85.1 cm³/mol. The summed E-state index contributed by atoms with van der Waals surface area (Å²) in [4.78, 5) is 17.7. The average Bonchev–Trinajstić information content (AvgIpc) is 2.89. The number of methoxy groups -OCH3 is 1. The summed E-state index contributed by atoms with van der Waals surface area (Å²) >= 11 is 5.26. The van der Waals surface area contributed by atoms with Gasteiger partial charge in [-0.25, -0.2) is 0 Å². The lowest BCUT2D eigenvalue weighted by Gasteiger charge is -2.11. The molecular weight excluding hydrogens is 286 g/mol. The highest BCUT2D eigenvalue weighted by Crippen LogP contribution is 2.23. The van der Waals surface area contributed by atoms with E-state index in [2.05, 4.69) is 9.97 Å². The standard InChI is InChI=1S/C15H15N3O2S/c1-20-7-6-18-13(9-14(19)17-15(18)21)12-8-10-4-2-3-5-11(10)16-12/h2-5,8-9,16H,6-7H2,1H3,(H,17,19,21). The summed E-state index contributed by atoms with van der Waals surface area (Å²) in [5.41, 5.74) is 2.45. The second kappa shape index (κ2) is 5.67. The number of H-pyrrole nitrogens is 2. The maximum atomic E-state index is 11.7. The van der Waals surface area contributed by atoms with Crippen LogP contribution >= 0.6 is 12.2 Å². The molecule has 0 saturated carbocycles. The minimum Gasteiger partial charge on any atom is -0.383 e. The molecule has 0 aliphatic rings. The topological polar surface area (TPSA) is 62.8 Å². The molecule has 0 saturated heterocycles. The molecule has 6 heteroatoms. The van der Waals surface area contributed by atoms with Crippen LogP contribution in [0, 0.1) is 4.77 Å². The highest BCUT2D eigenvalue weighted by Gasteiger charge is 2.09. The van der Waals surface area contributed by atoms with Crippen molar-refractivity contribution in [2.75, 3.05) is 13.7 Å². The molecule has 0 bridgehead atoms. The quantitative estimate of drug-likeness (QED) is 0.728.